The first-order valence-electron chi connectivity index (χ1n) is 5.36. The van der Waals surface area contributed by atoms with Crippen LogP contribution in [0.3, 0.4) is 0 Å². The van der Waals surface area contributed by atoms with Crippen LogP contribution in [0.2, 0.25) is 0 Å². The molecule has 2 heterocycles. The third-order valence-electron chi connectivity index (χ3n) is 2.92. The molecule has 0 aromatic carbocycles. The second-order valence-corrected chi connectivity index (χ2v) is 4.28. The number of hydrogen-bond acceptors (Lipinski definition) is 3. The molecule has 1 atom stereocenters. The van der Waals surface area contributed by atoms with E-state index >= 15 is 0 Å². The molecule has 4 heteroatoms. The van der Waals surface area contributed by atoms with Crippen LogP contribution in [0.4, 0.5) is 0 Å². The van der Waals surface area contributed by atoms with E-state index in [1.165, 1.54) is 0 Å². The minimum Gasteiger partial charge on any atom is -0.359 e. The van der Waals surface area contributed by atoms with E-state index in [4.69, 9.17) is 4.74 Å². The number of rotatable bonds is 2. The summed E-state index contributed by atoms with van der Waals surface area (Å²) < 4.78 is 5.45. The fourth-order valence-corrected chi connectivity index (χ4v) is 2.00. The lowest BCUT2D eigenvalue weighted by Crippen LogP contribution is -2.54. The minimum atomic E-state index is -0.0258. The van der Waals surface area contributed by atoms with E-state index in [0.29, 0.717) is 0 Å². The fourth-order valence-electron chi connectivity index (χ4n) is 2.00. The lowest BCUT2D eigenvalue weighted by atomic mass is 10.00. The van der Waals surface area contributed by atoms with Crippen molar-refractivity contribution < 1.29 is 9.53 Å². The highest BCUT2D eigenvalue weighted by Gasteiger charge is 2.31. The Kier molecular flexibility index (Phi) is 3.03. The summed E-state index contributed by atoms with van der Waals surface area (Å²) >= 11 is 0. The Labute approximate surface area is 84.6 Å². The predicted octanol–water partition coefficient (Wildman–Crippen LogP) is 0.191. The topological polar surface area (TPSA) is 41.6 Å². The zero-order valence-electron chi connectivity index (χ0n) is 8.66. The van der Waals surface area contributed by atoms with Crippen molar-refractivity contribution in [2.45, 2.75) is 25.5 Å². The quantitative estimate of drug-likeness (QED) is 0.688. The molecule has 2 fully saturated rings. The Balaban J connectivity index is 1.71. The Hall–Kier alpha value is -0.610. The Morgan fingerprint density at radius 2 is 2.21 bits per heavy atom. The normalized spacial score (nSPS) is 29.6. The first-order chi connectivity index (χ1) is 6.75. The van der Waals surface area contributed by atoms with Crippen molar-refractivity contribution in [1.82, 2.24) is 10.2 Å². The molecule has 80 valence electrons. The maximum atomic E-state index is 11.6. The van der Waals surface area contributed by atoms with Crippen molar-refractivity contribution in [2.75, 3.05) is 26.7 Å². The Bertz CT molecular complexity index is 208. The molecule has 0 radical (unpaired) electrons. The molecule has 0 aromatic rings. The van der Waals surface area contributed by atoms with Gasteiger partial charge in [0.05, 0.1) is 5.92 Å². The lowest BCUT2D eigenvalue weighted by Gasteiger charge is -2.36. The largest absolute Gasteiger partial charge is 0.359 e. The molecule has 0 saturated carbocycles. The zero-order chi connectivity index (χ0) is 9.97. The molecule has 2 aliphatic heterocycles. The highest BCUT2D eigenvalue weighted by atomic mass is 16.5. The smallest absolute Gasteiger partial charge is 0.227 e. The number of likely N-dealkylation sites (tertiary alicyclic amines) is 1. The Morgan fingerprint density at radius 3 is 2.79 bits per heavy atom. The predicted molar refractivity (Wildman–Crippen MR) is 52.7 cm³/mol. The summed E-state index contributed by atoms with van der Waals surface area (Å²) in [5, 5.41) is 2.95. The molecule has 14 heavy (non-hydrogen) atoms. The molecule has 1 N–H and O–H groups in total. The maximum absolute atomic E-state index is 11.6. The minimum absolute atomic E-state index is 0.0258. The molecule has 2 saturated heterocycles. The van der Waals surface area contributed by atoms with Gasteiger partial charge in [0.1, 0.15) is 6.23 Å². The molecule has 1 unspecified atom stereocenters. The van der Waals surface area contributed by atoms with Crippen LogP contribution >= 0.6 is 0 Å². The number of carbonyl (C=O) groups is 1. The Morgan fingerprint density at radius 1 is 1.43 bits per heavy atom. The number of nitrogens with one attached hydrogen (secondary N) is 1. The lowest BCUT2D eigenvalue weighted by molar-refractivity contribution is -0.135. The summed E-state index contributed by atoms with van der Waals surface area (Å²) in [6.45, 7) is 2.56. The van der Waals surface area contributed by atoms with Crippen LogP contribution in [0.5, 0.6) is 0 Å². The van der Waals surface area contributed by atoms with Gasteiger partial charge in [-0.1, -0.05) is 0 Å². The molecule has 4 nitrogen and oxygen atoms in total. The van der Waals surface area contributed by atoms with E-state index < -0.39 is 0 Å². The molecule has 2 rings (SSSR count). The van der Waals surface area contributed by atoms with Crippen molar-refractivity contribution >= 4 is 5.91 Å². The van der Waals surface area contributed by atoms with E-state index in [2.05, 4.69) is 10.2 Å². The van der Waals surface area contributed by atoms with Crippen molar-refractivity contribution in [3.8, 4) is 0 Å². The van der Waals surface area contributed by atoms with Gasteiger partial charge in [-0.25, -0.2) is 0 Å². The molecule has 0 aliphatic carbocycles. The average Bonchev–Trinajstić information content (AvgIpc) is 2.14. The van der Waals surface area contributed by atoms with Gasteiger partial charge in [-0.3, -0.25) is 4.79 Å². The van der Waals surface area contributed by atoms with Gasteiger partial charge in [0, 0.05) is 19.7 Å². The van der Waals surface area contributed by atoms with Crippen molar-refractivity contribution in [3.63, 3.8) is 0 Å². The average molecular weight is 198 g/mol. The van der Waals surface area contributed by atoms with E-state index in [1.54, 1.807) is 0 Å². The monoisotopic (exact) mass is 198 g/mol. The first-order valence-corrected chi connectivity index (χ1v) is 5.36. The second-order valence-electron chi connectivity index (χ2n) is 4.28. The highest BCUT2D eigenvalue weighted by molar-refractivity contribution is 5.80. The number of ether oxygens (including phenoxy) is 1. The molecule has 0 bridgehead atoms. The van der Waals surface area contributed by atoms with Gasteiger partial charge in [0.15, 0.2) is 0 Å². The second kappa shape index (κ2) is 4.28. The number of amides is 1. The zero-order valence-corrected chi connectivity index (χ0v) is 8.66. The van der Waals surface area contributed by atoms with Crippen LogP contribution in [0, 0.1) is 5.92 Å². The van der Waals surface area contributed by atoms with Gasteiger partial charge in [0.25, 0.3) is 0 Å². The molecule has 0 spiro atoms. The van der Waals surface area contributed by atoms with E-state index in [0.717, 1.165) is 39.0 Å². The fraction of sp³-hybridized carbons (Fsp3) is 0.900. The summed E-state index contributed by atoms with van der Waals surface area (Å²) in [5.74, 6) is 0.348. The van der Waals surface area contributed by atoms with E-state index in [1.807, 2.05) is 7.05 Å². The van der Waals surface area contributed by atoms with Crippen LogP contribution in [0.15, 0.2) is 0 Å². The van der Waals surface area contributed by atoms with Crippen LogP contribution in [-0.4, -0.2) is 43.8 Å². The summed E-state index contributed by atoms with van der Waals surface area (Å²) in [4.78, 5) is 13.8. The molecule has 1 amide bonds. The van der Waals surface area contributed by atoms with Crippen LogP contribution < -0.4 is 5.32 Å². The standard InChI is InChI=1S/C10H18N2O2/c1-12-6-8(7-12)10(13)11-9-4-2-3-5-14-9/h8-9H,2-7H2,1H3,(H,11,13). The SMILES string of the molecule is CN1CC(C(=O)NC2CCCCO2)C1. The molecule has 2 aliphatic rings. The van der Waals surface area contributed by atoms with Gasteiger partial charge < -0.3 is 15.0 Å². The number of carbonyl (C=O) groups excluding carboxylic acids is 1. The van der Waals surface area contributed by atoms with Crippen LogP contribution in [0.25, 0.3) is 0 Å². The van der Waals surface area contributed by atoms with E-state index in [-0.39, 0.29) is 18.1 Å². The van der Waals surface area contributed by atoms with Crippen molar-refractivity contribution in [2.24, 2.45) is 5.92 Å². The summed E-state index contributed by atoms with van der Waals surface area (Å²) in [6.07, 6.45) is 3.23. The van der Waals surface area contributed by atoms with Gasteiger partial charge in [-0.05, 0) is 26.3 Å². The van der Waals surface area contributed by atoms with Gasteiger partial charge in [-0.2, -0.15) is 0 Å². The summed E-state index contributed by atoms with van der Waals surface area (Å²) in [5.41, 5.74) is 0. The molecule has 0 aromatic heterocycles. The van der Waals surface area contributed by atoms with Gasteiger partial charge in [-0.15, -0.1) is 0 Å². The first kappa shape index (κ1) is 9.93. The van der Waals surface area contributed by atoms with Gasteiger partial charge in [0.2, 0.25) is 5.91 Å². The maximum Gasteiger partial charge on any atom is 0.227 e. The summed E-state index contributed by atoms with van der Waals surface area (Å²) in [7, 11) is 2.03. The van der Waals surface area contributed by atoms with Gasteiger partial charge >= 0.3 is 0 Å². The highest BCUT2D eigenvalue weighted by Crippen LogP contribution is 2.15. The number of nitrogens with zero attached hydrogens (tertiary/aromatic N) is 1. The number of hydrogen-bond donors (Lipinski definition) is 1. The third-order valence-corrected chi connectivity index (χ3v) is 2.92. The van der Waals surface area contributed by atoms with Crippen molar-refractivity contribution in [3.05, 3.63) is 0 Å². The van der Waals surface area contributed by atoms with E-state index in [9.17, 15) is 4.79 Å². The van der Waals surface area contributed by atoms with Crippen molar-refractivity contribution in [1.29, 1.82) is 0 Å². The van der Waals surface area contributed by atoms with Crippen LogP contribution in [0.1, 0.15) is 19.3 Å². The summed E-state index contributed by atoms with van der Waals surface area (Å²) in [6, 6.07) is 0. The molecular formula is C10H18N2O2. The third kappa shape index (κ3) is 2.25. The molecular weight excluding hydrogens is 180 g/mol. The van der Waals surface area contributed by atoms with Crippen LogP contribution in [-0.2, 0) is 9.53 Å².